The molecule has 1 aromatic rings. The van der Waals surface area contributed by atoms with Crippen molar-refractivity contribution in [1.82, 2.24) is 15.6 Å². The number of thiazole rings is 1. The molecule has 2 N–H and O–H groups in total. The molecule has 2 unspecified atom stereocenters. The lowest BCUT2D eigenvalue weighted by Gasteiger charge is -2.16. The summed E-state index contributed by atoms with van der Waals surface area (Å²) in [6.07, 6.45) is 5.76. The van der Waals surface area contributed by atoms with Gasteiger partial charge in [0.05, 0.1) is 6.04 Å². The lowest BCUT2D eigenvalue weighted by atomic mass is 10.2. The maximum absolute atomic E-state index is 11.8. The number of carbonyl (C=O) groups excluding carboxylic acids is 1. The molecule has 0 saturated heterocycles. The molecule has 1 fully saturated rings. The van der Waals surface area contributed by atoms with Gasteiger partial charge in [-0.2, -0.15) is 0 Å². The maximum atomic E-state index is 11.8. The number of amides is 2. The number of nitrogens with zero attached hydrogens (tertiary/aromatic N) is 1. The molecule has 106 valence electrons. The summed E-state index contributed by atoms with van der Waals surface area (Å²) in [7, 11) is -0.877. The van der Waals surface area contributed by atoms with Gasteiger partial charge in [-0.15, -0.1) is 11.3 Å². The highest BCUT2D eigenvalue weighted by Crippen LogP contribution is 2.41. The average molecular weight is 301 g/mol. The number of aryl methyl sites for hydroxylation is 1. The number of hydrogen-bond acceptors (Lipinski definition) is 4. The molecule has 2 atom stereocenters. The van der Waals surface area contributed by atoms with Crippen LogP contribution in [0.4, 0.5) is 4.79 Å². The highest BCUT2D eigenvalue weighted by atomic mass is 32.2. The van der Waals surface area contributed by atoms with Crippen LogP contribution in [0, 0.1) is 12.8 Å². The molecule has 1 aliphatic rings. The zero-order chi connectivity index (χ0) is 13.8. The number of hydrogen-bond donors (Lipinski definition) is 2. The minimum absolute atomic E-state index is 0.0193. The number of urea groups is 1. The van der Waals surface area contributed by atoms with E-state index in [0.29, 0.717) is 18.2 Å². The Kier molecular flexibility index (Phi) is 4.93. The number of rotatable bonds is 6. The third-order valence-corrected chi connectivity index (χ3v) is 4.74. The van der Waals surface area contributed by atoms with Gasteiger partial charge in [-0.05, 0) is 25.7 Å². The first-order chi connectivity index (χ1) is 9.06. The molecule has 0 bridgehead atoms. The van der Waals surface area contributed by atoms with E-state index < -0.39 is 10.8 Å². The summed E-state index contributed by atoms with van der Waals surface area (Å²) in [4.78, 5) is 17.3. The Labute approximate surface area is 119 Å². The van der Waals surface area contributed by atoms with E-state index in [1.165, 1.54) is 0 Å². The molecule has 2 rings (SSSR count). The van der Waals surface area contributed by atoms with Gasteiger partial charge in [0.1, 0.15) is 5.01 Å². The van der Waals surface area contributed by atoms with Crippen molar-refractivity contribution in [3.05, 3.63) is 16.1 Å². The van der Waals surface area contributed by atoms with Crippen LogP contribution in [-0.4, -0.2) is 33.8 Å². The molecule has 0 aromatic carbocycles. The molecular weight excluding hydrogens is 282 g/mol. The van der Waals surface area contributed by atoms with Crippen molar-refractivity contribution >= 4 is 28.2 Å². The van der Waals surface area contributed by atoms with Crippen molar-refractivity contribution < 1.29 is 9.00 Å². The first-order valence-electron chi connectivity index (χ1n) is 6.33. The lowest BCUT2D eigenvalue weighted by Crippen LogP contribution is -2.40. The van der Waals surface area contributed by atoms with Crippen LogP contribution in [0.15, 0.2) is 6.20 Å². The van der Waals surface area contributed by atoms with E-state index in [4.69, 9.17) is 0 Å². The van der Waals surface area contributed by atoms with Gasteiger partial charge in [0.15, 0.2) is 0 Å². The van der Waals surface area contributed by atoms with Crippen molar-refractivity contribution in [3.8, 4) is 0 Å². The molecule has 0 spiro atoms. The molecule has 1 aliphatic carbocycles. The molecule has 19 heavy (non-hydrogen) atoms. The second-order valence-electron chi connectivity index (χ2n) is 4.80. The van der Waals surface area contributed by atoms with Gasteiger partial charge in [-0.1, -0.05) is 0 Å². The van der Waals surface area contributed by atoms with Crippen LogP contribution in [0.1, 0.15) is 28.8 Å². The summed E-state index contributed by atoms with van der Waals surface area (Å²) in [5.74, 6) is 0.995. The van der Waals surface area contributed by atoms with Crippen LogP contribution >= 0.6 is 11.3 Å². The van der Waals surface area contributed by atoms with Crippen LogP contribution in [0.3, 0.4) is 0 Å². The first kappa shape index (κ1) is 14.5. The summed E-state index contributed by atoms with van der Waals surface area (Å²) in [6, 6.07) is -0.180. The van der Waals surface area contributed by atoms with Crippen molar-refractivity contribution in [2.24, 2.45) is 5.92 Å². The summed E-state index contributed by atoms with van der Waals surface area (Å²) in [6.45, 7) is 2.45. The highest BCUT2D eigenvalue weighted by molar-refractivity contribution is 7.84. The normalized spacial score (nSPS) is 17.8. The predicted octanol–water partition coefficient (Wildman–Crippen LogP) is 1.58. The Balaban J connectivity index is 1.87. The monoisotopic (exact) mass is 301 g/mol. The van der Waals surface area contributed by atoms with Crippen molar-refractivity contribution in [3.63, 3.8) is 0 Å². The molecule has 7 heteroatoms. The van der Waals surface area contributed by atoms with E-state index in [1.807, 2.05) is 13.1 Å². The Hall–Kier alpha value is -0.950. The largest absolute Gasteiger partial charge is 0.337 e. The van der Waals surface area contributed by atoms with E-state index in [1.54, 1.807) is 17.6 Å². The summed E-state index contributed by atoms with van der Waals surface area (Å²) < 4.78 is 10.9. The van der Waals surface area contributed by atoms with Crippen molar-refractivity contribution in [2.45, 2.75) is 25.8 Å². The third kappa shape index (κ3) is 4.58. The Morgan fingerprint density at radius 1 is 1.63 bits per heavy atom. The molecule has 5 nitrogen and oxygen atoms in total. The summed E-state index contributed by atoms with van der Waals surface area (Å²) in [5, 5.41) is 6.70. The van der Waals surface area contributed by atoms with E-state index in [-0.39, 0.29) is 12.1 Å². The van der Waals surface area contributed by atoms with Crippen LogP contribution < -0.4 is 10.6 Å². The molecule has 2 amide bonds. The first-order valence-corrected chi connectivity index (χ1v) is 8.87. The van der Waals surface area contributed by atoms with Gasteiger partial charge in [0.2, 0.25) is 0 Å². The van der Waals surface area contributed by atoms with Crippen molar-refractivity contribution in [2.75, 3.05) is 18.6 Å². The zero-order valence-electron chi connectivity index (χ0n) is 11.1. The number of carbonyl (C=O) groups is 1. The molecule has 0 radical (unpaired) electrons. The van der Waals surface area contributed by atoms with Crippen LogP contribution in [0.5, 0.6) is 0 Å². The van der Waals surface area contributed by atoms with Gasteiger partial charge in [0.25, 0.3) is 0 Å². The van der Waals surface area contributed by atoms with Crippen LogP contribution in [0.25, 0.3) is 0 Å². The molecule has 1 aromatic heterocycles. The van der Waals surface area contributed by atoms with E-state index in [2.05, 4.69) is 15.6 Å². The van der Waals surface area contributed by atoms with Gasteiger partial charge in [-0.25, -0.2) is 9.78 Å². The van der Waals surface area contributed by atoms with Gasteiger partial charge < -0.3 is 10.6 Å². The third-order valence-electron chi connectivity index (χ3n) is 2.96. The fraction of sp³-hybridized carbons (Fsp3) is 0.667. The number of nitrogens with one attached hydrogen (secondary N) is 2. The van der Waals surface area contributed by atoms with Gasteiger partial charge in [0, 0.05) is 40.4 Å². The minimum Gasteiger partial charge on any atom is -0.337 e. The van der Waals surface area contributed by atoms with E-state index in [9.17, 15) is 9.00 Å². The topological polar surface area (TPSA) is 71.1 Å². The second-order valence-corrected chi connectivity index (χ2v) is 7.62. The maximum Gasteiger partial charge on any atom is 0.315 e. The molecule has 0 aliphatic heterocycles. The Morgan fingerprint density at radius 2 is 2.37 bits per heavy atom. The quantitative estimate of drug-likeness (QED) is 0.838. The SMILES string of the molecule is Cc1cnc(C(NC(=O)NCCS(C)=O)C2CC2)s1. The Morgan fingerprint density at radius 3 is 2.89 bits per heavy atom. The molecule has 1 saturated carbocycles. The molecule has 1 heterocycles. The van der Waals surface area contributed by atoms with Crippen LogP contribution in [0.2, 0.25) is 0 Å². The van der Waals surface area contributed by atoms with Crippen molar-refractivity contribution in [1.29, 1.82) is 0 Å². The molecular formula is C12H19N3O2S2. The summed E-state index contributed by atoms with van der Waals surface area (Å²) >= 11 is 1.63. The summed E-state index contributed by atoms with van der Waals surface area (Å²) in [5.41, 5.74) is 0. The lowest BCUT2D eigenvalue weighted by molar-refractivity contribution is 0.236. The number of aromatic nitrogens is 1. The fourth-order valence-corrected chi connectivity index (χ4v) is 3.14. The minimum atomic E-state index is -0.877. The van der Waals surface area contributed by atoms with Crippen LogP contribution in [-0.2, 0) is 10.8 Å². The standard InChI is InChI=1S/C12H19N3O2S2/c1-8-7-14-11(18-8)10(9-3-4-9)15-12(16)13-5-6-19(2)17/h7,9-10H,3-6H2,1-2H3,(H2,13,15,16). The van der Waals surface area contributed by atoms with Gasteiger partial charge >= 0.3 is 6.03 Å². The average Bonchev–Trinajstić information content (AvgIpc) is 3.08. The van der Waals surface area contributed by atoms with Gasteiger partial charge in [-0.3, -0.25) is 4.21 Å². The zero-order valence-corrected chi connectivity index (χ0v) is 12.8. The van der Waals surface area contributed by atoms with E-state index in [0.717, 1.165) is 22.7 Å². The fourth-order valence-electron chi connectivity index (χ4n) is 1.83. The smallest absolute Gasteiger partial charge is 0.315 e. The second kappa shape index (κ2) is 6.47. The highest BCUT2D eigenvalue weighted by Gasteiger charge is 2.35. The predicted molar refractivity (Wildman–Crippen MR) is 77.8 cm³/mol. The van der Waals surface area contributed by atoms with E-state index >= 15 is 0 Å². The Bertz CT molecular complexity index is 471.